The highest BCUT2D eigenvalue weighted by molar-refractivity contribution is 7.47. The highest BCUT2D eigenvalue weighted by atomic mass is 31.2. The van der Waals surface area contributed by atoms with Crippen molar-refractivity contribution in [2.45, 2.75) is 373 Å². The van der Waals surface area contributed by atoms with Gasteiger partial charge in [-0.15, -0.1) is 0 Å². The summed E-state index contributed by atoms with van der Waals surface area (Å²) in [6.07, 6.45) is 119. The van der Waals surface area contributed by atoms with Gasteiger partial charge in [0.25, 0.3) is 0 Å². The van der Waals surface area contributed by atoms with E-state index in [0.717, 1.165) is 173 Å². The topological polar surface area (TPSA) is 231 Å². The van der Waals surface area contributed by atoms with Crippen LogP contribution in [0.15, 0.2) is 194 Å². The molecule has 0 saturated heterocycles. The van der Waals surface area contributed by atoms with Crippen molar-refractivity contribution in [3.63, 3.8) is 0 Å². The molecule has 18 heteroatoms. The van der Waals surface area contributed by atoms with Crippen molar-refractivity contribution < 1.29 is 75.8 Å². The number of aliphatic hydroxyl groups excluding tert-OH is 2. The molecule has 0 heterocycles. The Hall–Kier alpha value is -5.61. The van der Waals surface area contributed by atoms with Crippen molar-refractivity contribution in [2.24, 2.45) is 0 Å². The molecule has 0 bridgehead atoms. The molecule has 4 N–H and O–H groups in total. The Kier molecular flexibility index (Phi) is 85.3. The van der Waals surface area contributed by atoms with Gasteiger partial charge in [0.05, 0.1) is 26.4 Å². The number of carbonyl (C=O) groups is 3. The predicted octanol–water partition coefficient (Wildman–Crippen LogP) is 28.2. The first-order valence-electron chi connectivity index (χ1n) is 45.7. The lowest BCUT2D eigenvalue weighted by molar-refractivity contribution is -0.161. The first-order chi connectivity index (χ1) is 57.2. The summed E-state index contributed by atoms with van der Waals surface area (Å²) in [6, 6.07) is 0. The largest absolute Gasteiger partial charge is 0.472 e. The van der Waals surface area contributed by atoms with Crippen LogP contribution < -0.4 is 0 Å². The van der Waals surface area contributed by atoms with Gasteiger partial charge in [0.15, 0.2) is 6.10 Å². The second-order valence-electron chi connectivity index (χ2n) is 30.0. The van der Waals surface area contributed by atoms with E-state index < -0.39 is 91.5 Å². The fourth-order valence-electron chi connectivity index (χ4n) is 12.0. The van der Waals surface area contributed by atoms with Crippen LogP contribution in [0.2, 0.25) is 0 Å². The fraction of sp³-hybridized carbons (Fsp3) is 0.646. The highest BCUT2D eigenvalue weighted by Gasteiger charge is 2.29. The smallest absolute Gasteiger partial charge is 0.463 e. The lowest BCUT2D eigenvalue weighted by Crippen LogP contribution is -2.30. The Balaban J connectivity index is 4.57. The minimum absolute atomic E-state index is 0.0584. The maximum Gasteiger partial charge on any atom is 0.472 e. The molecule has 5 unspecified atom stereocenters. The average molecular weight is 1670 g/mol. The molecule has 0 aromatic heterocycles. The second-order valence-corrected chi connectivity index (χ2v) is 32.9. The molecule has 0 fully saturated rings. The van der Waals surface area contributed by atoms with E-state index in [4.69, 9.17) is 32.3 Å². The van der Waals surface area contributed by atoms with E-state index in [1.807, 2.05) is 0 Å². The van der Waals surface area contributed by atoms with Crippen molar-refractivity contribution in [3.8, 4) is 0 Å². The Bertz CT molecular complexity index is 2910. The number of hydrogen-bond donors (Lipinski definition) is 4. The van der Waals surface area contributed by atoms with Gasteiger partial charge >= 0.3 is 33.6 Å². The zero-order valence-corrected chi connectivity index (χ0v) is 75.1. The maximum absolute atomic E-state index is 13.0. The number of hydrogen-bond acceptors (Lipinski definition) is 14. The summed E-state index contributed by atoms with van der Waals surface area (Å²) >= 11 is 0. The van der Waals surface area contributed by atoms with Crippen LogP contribution in [0.1, 0.15) is 355 Å². The SMILES string of the molecule is CC/C=C\C/C=C\C/C=C\C/C=C\C/C=C\C/C=C\CCCCCCCCCCCCC(=O)OCC(COP(=O)(O)OCC(O)COP(=O)(O)OCC(O)COC(=O)CCCCCCCCCCCCCCCCCCC/C=C\C/C=C\C/C=C\C/C=C\C/C=C\CC)OC(=O)CCCCC/C=C\C/C=C\C/C=C\C/C=C\C/C=C\CC. The third-order valence-corrected chi connectivity index (χ3v) is 20.7. The summed E-state index contributed by atoms with van der Waals surface area (Å²) in [5, 5.41) is 20.7. The van der Waals surface area contributed by atoms with Gasteiger partial charge in [-0.2, -0.15) is 0 Å². The molecule has 0 saturated carbocycles. The van der Waals surface area contributed by atoms with Crippen LogP contribution in [0.3, 0.4) is 0 Å². The van der Waals surface area contributed by atoms with Crippen molar-refractivity contribution >= 4 is 33.6 Å². The zero-order valence-electron chi connectivity index (χ0n) is 73.3. The van der Waals surface area contributed by atoms with Gasteiger partial charge in [0.1, 0.15) is 25.4 Å². The summed E-state index contributed by atoms with van der Waals surface area (Å²) in [4.78, 5) is 59.0. The van der Waals surface area contributed by atoms with Gasteiger partial charge in [-0.05, 0) is 161 Å². The number of ether oxygens (including phenoxy) is 3. The van der Waals surface area contributed by atoms with Crippen LogP contribution in [-0.4, -0.2) is 95.9 Å². The molecule has 0 amide bonds. The molecule has 5 atom stereocenters. The molecule has 0 aromatic carbocycles. The second kappa shape index (κ2) is 89.6. The number of phosphoric ester groups is 2. The van der Waals surface area contributed by atoms with Gasteiger partial charge in [-0.3, -0.25) is 32.5 Å². The molecular weight excluding hydrogens is 1510 g/mol. The highest BCUT2D eigenvalue weighted by Crippen LogP contribution is 2.45. The molecular formula is C99H164O16P2. The number of aliphatic hydroxyl groups is 2. The molecule has 0 aromatic rings. The number of rotatable bonds is 85. The molecule has 0 aliphatic heterocycles. The average Bonchev–Trinajstić information content (AvgIpc) is 0.899. The normalized spacial score (nSPS) is 14.7. The quantitative estimate of drug-likeness (QED) is 0.0146. The maximum atomic E-state index is 13.0. The Labute approximate surface area is 712 Å². The van der Waals surface area contributed by atoms with Gasteiger partial charge in [0, 0.05) is 19.3 Å². The Morgan fingerprint density at radius 1 is 0.239 bits per heavy atom. The first-order valence-corrected chi connectivity index (χ1v) is 48.7. The van der Waals surface area contributed by atoms with Gasteiger partial charge < -0.3 is 34.2 Å². The standard InChI is InChI=1S/C99H164O16P2/c1-4-7-10-13-16-19-22-25-28-31-34-36-38-40-42-44-45-46-47-49-51-52-54-56-59-61-64-67-70-73-76-79-82-85-97(102)109-88-94(100)89-111-116(105,106)112-90-95(101)91-113-117(107,108)114-93-96(115-99(104)87-84-81-78-75-72-69-66-63-58-33-30-27-24-21-18-15-12-9-6-3)92-110-98(103)86-83-80-77-74-71-68-65-62-60-57-55-53-50-48-43-41-39-37-35-32-29-26-23-20-17-14-11-8-5-2/h7-12,16-21,25-30,34-37,40-43,50,53,58,63,69,72,94-96,100-101H,4-6,13-15,22-24,31-33,38-39,44-49,51-52,54-57,59-62,64-68,70-71,73-93H2,1-3H3,(H,105,106)(H,107,108)/b10-7-,11-8-,12-9-,19-16-,20-17-,21-18-,28-25-,29-26-,30-27-,36-34-,37-35-,42-40-,43-41-,53-50-,63-58-,72-69-. The van der Waals surface area contributed by atoms with E-state index >= 15 is 0 Å². The predicted molar refractivity (Wildman–Crippen MR) is 491 cm³/mol. The summed E-state index contributed by atoms with van der Waals surface area (Å²) in [6.45, 7) is 2.32. The molecule has 0 rings (SSSR count). The zero-order chi connectivity index (χ0) is 85.1. The van der Waals surface area contributed by atoms with Crippen molar-refractivity contribution in [2.75, 3.05) is 39.6 Å². The van der Waals surface area contributed by atoms with E-state index in [1.165, 1.54) is 122 Å². The third kappa shape index (κ3) is 91.0. The fourth-order valence-corrected chi connectivity index (χ4v) is 13.6. The van der Waals surface area contributed by atoms with E-state index in [2.05, 4.69) is 215 Å². The minimum Gasteiger partial charge on any atom is -0.463 e. The number of esters is 3. The van der Waals surface area contributed by atoms with Crippen molar-refractivity contribution in [1.82, 2.24) is 0 Å². The third-order valence-electron chi connectivity index (χ3n) is 18.8. The molecule has 666 valence electrons. The van der Waals surface area contributed by atoms with E-state index in [1.54, 1.807) is 0 Å². The first kappa shape index (κ1) is 111. The van der Waals surface area contributed by atoms with Gasteiger partial charge in [-0.25, -0.2) is 9.13 Å². The van der Waals surface area contributed by atoms with Crippen LogP contribution in [0.25, 0.3) is 0 Å². The summed E-state index contributed by atoms with van der Waals surface area (Å²) in [7, 11) is -9.83. The van der Waals surface area contributed by atoms with Crippen molar-refractivity contribution in [3.05, 3.63) is 194 Å². The Morgan fingerprint density at radius 3 is 0.684 bits per heavy atom. The lowest BCUT2D eigenvalue weighted by atomic mass is 10.0. The van der Waals surface area contributed by atoms with Crippen LogP contribution in [0, 0.1) is 0 Å². The molecule has 0 radical (unpaired) electrons. The Morgan fingerprint density at radius 2 is 0.427 bits per heavy atom. The number of unbranched alkanes of at least 4 members (excludes halogenated alkanes) is 30. The molecule has 0 aliphatic carbocycles. The molecule has 0 aliphatic rings. The van der Waals surface area contributed by atoms with E-state index in [-0.39, 0.29) is 19.3 Å². The van der Waals surface area contributed by atoms with Crippen LogP contribution in [-0.2, 0) is 55.8 Å². The number of allylic oxidation sites excluding steroid dienone is 32. The lowest BCUT2D eigenvalue weighted by Gasteiger charge is -2.21. The van der Waals surface area contributed by atoms with Crippen LogP contribution in [0.5, 0.6) is 0 Å². The molecule has 16 nitrogen and oxygen atoms in total. The van der Waals surface area contributed by atoms with Crippen molar-refractivity contribution in [1.29, 1.82) is 0 Å². The monoisotopic (exact) mass is 1670 g/mol. The van der Waals surface area contributed by atoms with E-state index in [9.17, 15) is 43.5 Å². The van der Waals surface area contributed by atoms with Gasteiger partial charge in [0.2, 0.25) is 0 Å². The van der Waals surface area contributed by atoms with Crippen LogP contribution >= 0.6 is 15.6 Å². The minimum atomic E-state index is -4.96. The summed E-state index contributed by atoms with van der Waals surface area (Å²) in [5.74, 6) is -1.62. The van der Waals surface area contributed by atoms with Gasteiger partial charge in [-0.1, -0.05) is 369 Å². The molecule has 0 spiro atoms. The number of carbonyl (C=O) groups excluding carboxylic acids is 3. The molecule has 117 heavy (non-hydrogen) atoms. The van der Waals surface area contributed by atoms with E-state index in [0.29, 0.717) is 19.3 Å². The summed E-state index contributed by atoms with van der Waals surface area (Å²) < 4.78 is 61.4. The number of phosphoric acid groups is 2. The summed E-state index contributed by atoms with van der Waals surface area (Å²) in [5.41, 5.74) is 0. The van der Waals surface area contributed by atoms with Crippen LogP contribution in [0.4, 0.5) is 0 Å².